The summed E-state index contributed by atoms with van der Waals surface area (Å²) in [6.45, 7) is 0.503. The number of aromatic nitrogens is 3. The first-order valence-corrected chi connectivity index (χ1v) is 10.5. The molecular weight excluding hydrogens is 454 g/mol. The molecule has 1 aliphatic heterocycles. The summed E-state index contributed by atoms with van der Waals surface area (Å²) in [6.07, 6.45) is 2.45. The Hall–Kier alpha value is -3.76. The Morgan fingerprint density at radius 3 is 2.32 bits per heavy atom. The van der Waals surface area contributed by atoms with Crippen LogP contribution in [-0.2, 0) is 7.05 Å². The normalized spacial score (nSPS) is 20.9. The van der Waals surface area contributed by atoms with Gasteiger partial charge in [-0.05, 0) is 6.07 Å². The van der Waals surface area contributed by atoms with Crippen LogP contribution in [0.5, 0.6) is 0 Å². The fourth-order valence-electron chi connectivity index (χ4n) is 4.84. The molecule has 1 saturated carbocycles. The number of likely N-dealkylation sites (tertiary alicyclic amines) is 1. The van der Waals surface area contributed by atoms with Crippen molar-refractivity contribution in [3.63, 3.8) is 0 Å². The summed E-state index contributed by atoms with van der Waals surface area (Å²) >= 11 is 0. The minimum atomic E-state index is -1.24. The molecule has 2 aliphatic rings. The molecule has 0 spiro atoms. The van der Waals surface area contributed by atoms with Gasteiger partial charge in [-0.1, -0.05) is 0 Å². The van der Waals surface area contributed by atoms with E-state index in [0.717, 1.165) is 6.20 Å². The average Bonchev–Trinajstić information content (AvgIpc) is 3.27. The van der Waals surface area contributed by atoms with E-state index >= 15 is 0 Å². The van der Waals surface area contributed by atoms with Crippen molar-refractivity contribution in [3.05, 3.63) is 75.8 Å². The molecule has 3 aromatic rings. The highest BCUT2D eigenvalue weighted by Gasteiger charge is 2.59. The van der Waals surface area contributed by atoms with Gasteiger partial charge in [0.2, 0.25) is 5.95 Å². The SMILES string of the molecule is CN(c1nc(-c2ccncc2F)cc(=O)n1C)C1[C@H]2CN(C(=O)c3c(F)cc(F)cc3F)C[C@@H]12. The lowest BCUT2D eigenvalue weighted by Gasteiger charge is -2.26. The van der Waals surface area contributed by atoms with Crippen LogP contribution in [0, 0.1) is 35.1 Å². The number of carbonyl (C=O) groups excluding carboxylic acids is 1. The number of hydrogen-bond acceptors (Lipinski definition) is 5. The zero-order valence-corrected chi connectivity index (χ0v) is 18.2. The first kappa shape index (κ1) is 22.1. The summed E-state index contributed by atoms with van der Waals surface area (Å²) in [5.41, 5.74) is -0.815. The van der Waals surface area contributed by atoms with E-state index in [1.807, 2.05) is 0 Å². The van der Waals surface area contributed by atoms with Gasteiger partial charge in [0.25, 0.3) is 11.5 Å². The highest BCUT2D eigenvalue weighted by Crippen LogP contribution is 2.49. The molecule has 1 amide bonds. The molecule has 3 atom stereocenters. The van der Waals surface area contributed by atoms with Gasteiger partial charge in [-0.15, -0.1) is 0 Å². The number of rotatable bonds is 4. The van der Waals surface area contributed by atoms with Gasteiger partial charge < -0.3 is 9.80 Å². The molecule has 1 aromatic carbocycles. The molecule has 1 unspecified atom stereocenters. The number of hydrogen-bond donors (Lipinski definition) is 0. The number of carbonyl (C=O) groups is 1. The fraction of sp³-hybridized carbons (Fsp3) is 0.304. The Balaban J connectivity index is 1.36. The maximum absolute atomic E-state index is 14.2. The van der Waals surface area contributed by atoms with E-state index < -0.39 is 34.7 Å². The van der Waals surface area contributed by atoms with E-state index in [0.29, 0.717) is 18.1 Å². The Labute approximate surface area is 191 Å². The lowest BCUT2D eigenvalue weighted by Crippen LogP contribution is -2.38. The number of benzene rings is 1. The van der Waals surface area contributed by atoms with Crippen molar-refractivity contribution in [2.75, 3.05) is 25.0 Å². The lowest BCUT2D eigenvalue weighted by molar-refractivity contribution is 0.0763. The van der Waals surface area contributed by atoms with Crippen molar-refractivity contribution in [3.8, 4) is 11.3 Å². The van der Waals surface area contributed by atoms with Crippen molar-refractivity contribution in [1.29, 1.82) is 0 Å². The van der Waals surface area contributed by atoms with E-state index in [9.17, 15) is 27.2 Å². The van der Waals surface area contributed by atoms with Crippen molar-refractivity contribution in [1.82, 2.24) is 19.4 Å². The Morgan fingerprint density at radius 1 is 1.06 bits per heavy atom. The largest absolute Gasteiger partial charge is 0.342 e. The second-order valence-corrected chi connectivity index (χ2v) is 8.58. The van der Waals surface area contributed by atoms with Crippen LogP contribution in [0.25, 0.3) is 11.3 Å². The molecular formula is C23H19F4N5O2. The van der Waals surface area contributed by atoms with Gasteiger partial charge >= 0.3 is 0 Å². The highest BCUT2D eigenvalue weighted by molar-refractivity contribution is 5.95. The molecule has 7 nitrogen and oxygen atoms in total. The van der Waals surface area contributed by atoms with Crippen molar-refractivity contribution >= 4 is 11.9 Å². The van der Waals surface area contributed by atoms with E-state index in [-0.39, 0.29) is 47.8 Å². The summed E-state index contributed by atoms with van der Waals surface area (Å²) < 4.78 is 56.8. The maximum Gasteiger partial charge on any atom is 0.259 e. The molecule has 1 saturated heterocycles. The van der Waals surface area contributed by atoms with E-state index in [4.69, 9.17) is 0 Å². The second kappa shape index (κ2) is 7.93. The molecule has 3 heterocycles. The number of piperidine rings is 1. The maximum atomic E-state index is 14.2. The average molecular weight is 473 g/mol. The smallest absolute Gasteiger partial charge is 0.259 e. The summed E-state index contributed by atoms with van der Waals surface area (Å²) in [6, 6.07) is 3.57. The minimum Gasteiger partial charge on any atom is -0.342 e. The number of nitrogens with zero attached hydrogens (tertiary/aromatic N) is 5. The van der Waals surface area contributed by atoms with Crippen molar-refractivity contribution < 1.29 is 22.4 Å². The van der Waals surface area contributed by atoms with Crippen molar-refractivity contribution in [2.24, 2.45) is 18.9 Å². The predicted molar refractivity (Wildman–Crippen MR) is 114 cm³/mol. The standard InChI is InChI=1S/C23H19F4N5O2/c1-30-19(33)7-18(12-3-4-28-8-17(12)27)29-23(30)31(2)21-13-9-32(10-14(13)21)22(34)20-15(25)5-11(24)6-16(20)26/h3-8,13-14,21H,9-10H2,1-2H3/t13-,14+,21?. The third-order valence-electron chi connectivity index (χ3n) is 6.58. The van der Waals surface area contributed by atoms with Gasteiger partial charge in [0.15, 0.2) is 5.82 Å². The molecule has 2 fully saturated rings. The van der Waals surface area contributed by atoms with Crippen LogP contribution >= 0.6 is 0 Å². The van der Waals surface area contributed by atoms with Gasteiger partial charge in [0.1, 0.15) is 23.0 Å². The molecule has 5 rings (SSSR count). The molecule has 34 heavy (non-hydrogen) atoms. The summed E-state index contributed by atoms with van der Waals surface area (Å²) in [5.74, 6) is -4.68. The van der Waals surface area contributed by atoms with Crippen LogP contribution < -0.4 is 10.5 Å². The van der Waals surface area contributed by atoms with Crippen molar-refractivity contribution in [2.45, 2.75) is 6.04 Å². The zero-order chi connectivity index (χ0) is 24.3. The third kappa shape index (κ3) is 3.51. The van der Waals surface area contributed by atoms with Gasteiger partial charge in [-0.25, -0.2) is 22.5 Å². The van der Waals surface area contributed by atoms with Gasteiger partial charge in [-0.2, -0.15) is 0 Å². The number of anilines is 1. The summed E-state index contributed by atoms with van der Waals surface area (Å²) in [4.78, 5) is 36.5. The van der Waals surface area contributed by atoms with Crippen LogP contribution in [0.4, 0.5) is 23.5 Å². The zero-order valence-electron chi connectivity index (χ0n) is 18.2. The number of halogens is 4. The minimum absolute atomic E-state index is 0.00117. The van der Waals surface area contributed by atoms with E-state index in [1.54, 1.807) is 19.0 Å². The Morgan fingerprint density at radius 2 is 1.71 bits per heavy atom. The first-order chi connectivity index (χ1) is 16.2. The van der Waals surface area contributed by atoms with Crippen LogP contribution in [0.15, 0.2) is 41.5 Å². The summed E-state index contributed by atoms with van der Waals surface area (Å²) in [5, 5.41) is 0. The number of fused-ring (bicyclic) bond motifs is 1. The fourth-order valence-corrected chi connectivity index (χ4v) is 4.84. The van der Waals surface area contributed by atoms with Crippen LogP contribution in [0.2, 0.25) is 0 Å². The van der Waals surface area contributed by atoms with Gasteiger partial charge in [0.05, 0.1) is 11.9 Å². The quantitative estimate of drug-likeness (QED) is 0.545. The number of pyridine rings is 1. The molecule has 11 heteroatoms. The second-order valence-electron chi connectivity index (χ2n) is 8.58. The molecule has 0 radical (unpaired) electrons. The topological polar surface area (TPSA) is 71.3 Å². The van der Waals surface area contributed by atoms with E-state index in [2.05, 4.69) is 9.97 Å². The molecule has 0 N–H and O–H groups in total. The molecule has 2 aromatic heterocycles. The number of amides is 1. The molecule has 1 aliphatic carbocycles. The monoisotopic (exact) mass is 473 g/mol. The lowest BCUT2D eigenvalue weighted by atomic mass is 10.1. The Bertz CT molecular complexity index is 1340. The highest BCUT2D eigenvalue weighted by atomic mass is 19.1. The summed E-state index contributed by atoms with van der Waals surface area (Å²) in [7, 11) is 3.31. The molecule has 176 valence electrons. The third-order valence-corrected chi connectivity index (χ3v) is 6.58. The van der Waals surface area contributed by atoms with Crippen LogP contribution in [0.3, 0.4) is 0 Å². The van der Waals surface area contributed by atoms with E-state index in [1.165, 1.54) is 27.8 Å². The first-order valence-electron chi connectivity index (χ1n) is 10.5. The predicted octanol–water partition coefficient (Wildman–Crippen LogP) is 2.61. The Kier molecular flexibility index (Phi) is 5.14. The van der Waals surface area contributed by atoms with Gasteiger partial charge in [-0.3, -0.25) is 19.1 Å². The van der Waals surface area contributed by atoms with Crippen LogP contribution in [0.1, 0.15) is 10.4 Å². The van der Waals surface area contributed by atoms with Crippen LogP contribution in [-0.4, -0.2) is 51.5 Å². The van der Waals surface area contributed by atoms with Gasteiger partial charge in [0, 0.05) is 75.0 Å². The molecule has 0 bridgehead atoms.